The summed E-state index contributed by atoms with van der Waals surface area (Å²) >= 11 is 0. The van der Waals surface area contributed by atoms with Crippen molar-refractivity contribution in [1.29, 1.82) is 0 Å². The SMILES string of the molecule is O=C1CCCCCN1.[CH2]CCCCCCCCCCC. The highest BCUT2D eigenvalue weighted by molar-refractivity contribution is 5.75. The van der Waals surface area contributed by atoms with Crippen LogP contribution in [-0.4, -0.2) is 12.5 Å². The zero-order valence-electron chi connectivity index (χ0n) is 13.7. The largest absolute Gasteiger partial charge is 0.356 e. The fraction of sp³-hybridized carbons (Fsp3) is 0.889. The highest BCUT2D eigenvalue weighted by Gasteiger charge is 2.03. The molecule has 0 spiro atoms. The second-order valence-corrected chi connectivity index (χ2v) is 5.84. The number of carbonyl (C=O) groups excluding carboxylic acids is 1. The molecule has 0 aromatic heterocycles. The molecule has 119 valence electrons. The zero-order chi connectivity index (χ0) is 14.9. The van der Waals surface area contributed by atoms with E-state index in [-0.39, 0.29) is 5.91 Å². The molecule has 0 atom stereocenters. The molecule has 0 aromatic carbocycles. The van der Waals surface area contributed by atoms with Gasteiger partial charge in [0.15, 0.2) is 0 Å². The van der Waals surface area contributed by atoms with Crippen molar-refractivity contribution >= 4 is 5.91 Å². The molecule has 1 rings (SSSR count). The summed E-state index contributed by atoms with van der Waals surface area (Å²) in [4.78, 5) is 10.6. The first-order valence-electron chi connectivity index (χ1n) is 8.87. The molecule has 1 radical (unpaired) electrons. The quantitative estimate of drug-likeness (QED) is 0.562. The summed E-state index contributed by atoms with van der Waals surface area (Å²) in [5.74, 6) is 0.225. The molecule has 2 nitrogen and oxygen atoms in total. The van der Waals surface area contributed by atoms with E-state index in [1.807, 2.05) is 0 Å². The Morgan fingerprint density at radius 2 is 1.50 bits per heavy atom. The molecule has 0 saturated carbocycles. The third-order valence-electron chi connectivity index (χ3n) is 3.76. The minimum atomic E-state index is 0.225. The molecular formula is C18H36NO. The first kappa shape index (κ1) is 19.5. The zero-order valence-corrected chi connectivity index (χ0v) is 13.7. The second kappa shape index (κ2) is 16.5. The summed E-state index contributed by atoms with van der Waals surface area (Å²) in [5.41, 5.74) is 0. The summed E-state index contributed by atoms with van der Waals surface area (Å²) in [6.45, 7) is 7.00. The predicted octanol–water partition coefficient (Wildman–Crippen LogP) is 5.42. The number of nitrogens with one attached hydrogen (secondary N) is 1. The van der Waals surface area contributed by atoms with Crippen LogP contribution in [0.15, 0.2) is 0 Å². The Labute approximate surface area is 127 Å². The molecule has 0 aliphatic carbocycles. The summed E-state index contributed by atoms with van der Waals surface area (Å²) < 4.78 is 0. The Bertz CT molecular complexity index is 184. The van der Waals surface area contributed by atoms with Gasteiger partial charge in [0.05, 0.1) is 0 Å². The van der Waals surface area contributed by atoms with Gasteiger partial charge < -0.3 is 5.32 Å². The topological polar surface area (TPSA) is 29.1 Å². The fourth-order valence-corrected chi connectivity index (χ4v) is 2.39. The minimum Gasteiger partial charge on any atom is -0.356 e. The van der Waals surface area contributed by atoms with Gasteiger partial charge in [-0.2, -0.15) is 0 Å². The molecule has 0 unspecified atom stereocenters. The molecule has 1 aliphatic heterocycles. The maximum absolute atomic E-state index is 10.6. The van der Waals surface area contributed by atoms with Crippen LogP contribution in [-0.2, 0) is 4.79 Å². The van der Waals surface area contributed by atoms with Crippen molar-refractivity contribution in [2.45, 2.75) is 96.8 Å². The van der Waals surface area contributed by atoms with Crippen LogP contribution in [0.4, 0.5) is 0 Å². The van der Waals surface area contributed by atoms with Crippen molar-refractivity contribution in [3.63, 3.8) is 0 Å². The molecule has 1 aliphatic rings. The molecule has 1 amide bonds. The van der Waals surface area contributed by atoms with Gasteiger partial charge in [-0.3, -0.25) is 4.79 Å². The predicted molar refractivity (Wildman–Crippen MR) is 88.7 cm³/mol. The van der Waals surface area contributed by atoms with E-state index in [4.69, 9.17) is 0 Å². The van der Waals surface area contributed by atoms with E-state index in [1.54, 1.807) is 0 Å². The molecule has 1 N–H and O–H groups in total. The maximum atomic E-state index is 10.6. The Morgan fingerprint density at radius 3 is 2.10 bits per heavy atom. The fourth-order valence-electron chi connectivity index (χ4n) is 2.39. The summed E-state index contributed by atoms with van der Waals surface area (Å²) in [5, 5.41) is 2.81. The molecular weight excluding hydrogens is 246 g/mol. The first-order valence-corrected chi connectivity index (χ1v) is 8.87. The van der Waals surface area contributed by atoms with E-state index in [1.165, 1.54) is 64.2 Å². The average Bonchev–Trinajstić information content (AvgIpc) is 2.70. The highest BCUT2D eigenvalue weighted by atomic mass is 16.1. The summed E-state index contributed by atoms with van der Waals surface area (Å²) in [6.07, 6.45) is 18.1. The number of amides is 1. The maximum Gasteiger partial charge on any atom is 0.219 e. The van der Waals surface area contributed by atoms with E-state index >= 15 is 0 Å². The van der Waals surface area contributed by atoms with Gasteiger partial charge in [0.2, 0.25) is 5.91 Å². The Hall–Kier alpha value is -0.530. The van der Waals surface area contributed by atoms with Crippen LogP contribution in [0.3, 0.4) is 0 Å². The van der Waals surface area contributed by atoms with Gasteiger partial charge in [0.1, 0.15) is 0 Å². The van der Waals surface area contributed by atoms with Crippen LogP contribution in [0.1, 0.15) is 96.8 Å². The smallest absolute Gasteiger partial charge is 0.219 e. The van der Waals surface area contributed by atoms with Crippen LogP contribution in [0, 0.1) is 6.92 Å². The van der Waals surface area contributed by atoms with Crippen molar-refractivity contribution in [1.82, 2.24) is 5.32 Å². The van der Waals surface area contributed by atoms with Crippen molar-refractivity contribution in [3.8, 4) is 0 Å². The molecule has 0 aromatic rings. The normalized spacial score (nSPS) is 15.0. The molecule has 1 saturated heterocycles. The Balaban J connectivity index is 0.000000388. The third kappa shape index (κ3) is 15.5. The second-order valence-electron chi connectivity index (χ2n) is 5.84. The summed E-state index contributed by atoms with van der Waals surface area (Å²) in [6, 6.07) is 0. The molecule has 2 heteroatoms. The van der Waals surface area contributed by atoms with Gasteiger partial charge in [0, 0.05) is 13.0 Å². The standard InChI is InChI=1S/C12H25.C6H11NO/c1-3-5-7-9-11-12-10-8-6-4-2;8-6-4-2-1-3-5-7-6/h1,3-12H2,2H3;1-5H2,(H,7,8). The molecule has 1 heterocycles. The van der Waals surface area contributed by atoms with E-state index in [2.05, 4.69) is 19.2 Å². The van der Waals surface area contributed by atoms with Crippen molar-refractivity contribution in [2.75, 3.05) is 6.54 Å². The number of hydrogen-bond acceptors (Lipinski definition) is 1. The molecule has 20 heavy (non-hydrogen) atoms. The lowest BCUT2D eigenvalue weighted by Gasteiger charge is -1.99. The number of rotatable bonds is 9. The van der Waals surface area contributed by atoms with Crippen LogP contribution >= 0.6 is 0 Å². The Kier molecular flexibility index (Phi) is 16.1. The van der Waals surface area contributed by atoms with Crippen molar-refractivity contribution in [3.05, 3.63) is 6.92 Å². The van der Waals surface area contributed by atoms with E-state index in [0.717, 1.165) is 32.2 Å². The lowest BCUT2D eigenvalue weighted by Crippen LogP contribution is -2.21. The van der Waals surface area contributed by atoms with Crippen LogP contribution < -0.4 is 5.32 Å². The average molecular weight is 282 g/mol. The first-order chi connectivity index (χ1) is 9.81. The van der Waals surface area contributed by atoms with Crippen LogP contribution in [0.2, 0.25) is 0 Å². The van der Waals surface area contributed by atoms with Gasteiger partial charge >= 0.3 is 0 Å². The number of carbonyl (C=O) groups is 1. The molecule has 0 bridgehead atoms. The summed E-state index contributed by atoms with van der Waals surface area (Å²) in [7, 11) is 0. The van der Waals surface area contributed by atoms with Gasteiger partial charge in [-0.1, -0.05) is 84.5 Å². The van der Waals surface area contributed by atoms with E-state index in [9.17, 15) is 4.79 Å². The lowest BCUT2D eigenvalue weighted by atomic mass is 10.1. The van der Waals surface area contributed by atoms with E-state index in [0.29, 0.717) is 0 Å². The van der Waals surface area contributed by atoms with Gasteiger partial charge in [-0.25, -0.2) is 0 Å². The van der Waals surface area contributed by atoms with E-state index < -0.39 is 0 Å². The van der Waals surface area contributed by atoms with Gasteiger partial charge in [0.25, 0.3) is 0 Å². The highest BCUT2D eigenvalue weighted by Crippen LogP contribution is 2.09. The number of unbranched alkanes of at least 4 members (excludes halogenated alkanes) is 9. The monoisotopic (exact) mass is 282 g/mol. The van der Waals surface area contributed by atoms with Crippen LogP contribution in [0.25, 0.3) is 0 Å². The van der Waals surface area contributed by atoms with Crippen molar-refractivity contribution < 1.29 is 4.79 Å². The van der Waals surface area contributed by atoms with Crippen molar-refractivity contribution in [2.24, 2.45) is 0 Å². The Morgan fingerprint density at radius 1 is 0.900 bits per heavy atom. The minimum absolute atomic E-state index is 0.225. The third-order valence-corrected chi connectivity index (χ3v) is 3.76. The van der Waals surface area contributed by atoms with Gasteiger partial charge in [-0.15, -0.1) is 0 Å². The number of hydrogen-bond donors (Lipinski definition) is 1. The van der Waals surface area contributed by atoms with Gasteiger partial charge in [-0.05, 0) is 12.8 Å². The lowest BCUT2D eigenvalue weighted by molar-refractivity contribution is -0.120. The molecule has 1 fully saturated rings. The van der Waals surface area contributed by atoms with Crippen LogP contribution in [0.5, 0.6) is 0 Å².